The van der Waals surface area contributed by atoms with Gasteiger partial charge in [0.1, 0.15) is 0 Å². The topological polar surface area (TPSA) is 17.1 Å². The van der Waals surface area contributed by atoms with Crippen molar-refractivity contribution in [2.45, 2.75) is 0 Å². The van der Waals surface area contributed by atoms with E-state index in [1.54, 1.807) is 6.29 Å². The summed E-state index contributed by atoms with van der Waals surface area (Å²) in [6.45, 7) is 0. The smallest absolute Gasteiger partial charge is 0.244 e. The first kappa shape index (κ1) is 5.44. The van der Waals surface area contributed by atoms with Gasteiger partial charge < -0.3 is 0 Å². The summed E-state index contributed by atoms with van der Waals surface area (Å²) in [5.41, 5.74) is 0. The third-order valence-electron chi connectivity index (χ3n) is 0.674. The Morgan fingerprint density at radius 3 is 2.62 bits per heavy atom. The van der Waals surface area contributed by atoms with E-state index < -0.39 is 0 Å². The lowest BCUT2D eigenvalue weighted by molar-refractivity contribution is 0.563. The maximum absolute atomic E-state index is 12.0. The molecule has 0 fully saturated rings. The second-order valence-electron chi connectivity index (χ2n) is 1.21. The number of carbonyl (C=O) groups excluding carboxylic acids is 1. The summed E-state index contributed by atoms with van der Waals surface area (Å²) in [7, 11) is 0. The SMILES string of the molecule is O=[C]c1ccc(F)s1. The molecule has 0 aliphatic carbocycles. The van der Waals surface area contributed by atoms with Crippen molar-refractivity contribution in [1.82, 2.24) is 0 Å². The Hall–Kier alpha value is -0.700. The summed E-state index contributed by atoms with van der Waals surface area (Å²) in [6, 6.07) is 2.64. The van der Waals surface area contributed by atoms with Gasteiger partial charge in [0.2, 0.25) is 6.29 Å². The van der Waals surface area contributed by atoms with Crippen LogP contribution in [0.3, 0.4) is 0 Å². The van der Waals surface area contributed by atoms with E-state index in [2.05, 4.69) is 0 Å². The summed E-state index contributed by atoms with van der Waals surface area (Å²) in [6.07, 6.45) is 1.58. The van der Waals surface area contributed by atoms with Crippen molar-refractivity contribution in [3.8, 4) is 0 Å². The van der Waals surface area contributed by atoms with Crippen LogP contribution in [0, 0.1) is 5.13 Å². The fraction of sp³-hybridized carbons (Fsp3) is 0. The zero-order valence-electron chi connectivity index (χ0n) is 3.85. The Balaban J connectivity index is 3.00. The predicted octanol–water partition coefficient (Wildman–Crippen LogP) is 1.34. The lowest BCUT2D eigenvalue weighted by Gasteiger charge is -1.66. The van der Waals surface area contributed by atoms with E-state index in [1.807, 2.05) is 0 Å². The van der Waals surface area contributed by atoms with Gasteiger partial charge in [-0.3, -0.25) is 4.79 Å². The standard InChI is InChI=1S/C5H2FOS/c6-5-2-1-4(3-7)8-5/h1-2H. The highest BCUT2D eigenvalue weighted by Crippen LogP contribution is 2.10. The van der Waals surface area contributed by atoms with E-state index in [0.29, 0.717) is 4.88 Å². The zero-order chi connectivity index (χ0) is 5.98. The Kier molecular flexibility index (Phi) is 1.39. The minimum absolute atomic E-state index is 0.308. The van der Waals surface area contributed by atoms with Gasteiger partial charge in [-0.2, -0.15) is 4.39 Å². The third kappa shape index (κ3) is 0.924. The van der Waals surface area contributed by atoms with Crippen LogP contribution in [0.15, 0.2) is 12.1 Å². The van der Waals surface area contributed by atoms with Gasteiger partial charge in [-0.05, 0) is 12.1 Å². The summed E-state index contributed by atoms with van der Waals surface area (Å²) >= 11 is 0.797. The molecule has 0 aliphatic rings. The normalized spacial score (nSPS) is 9.12. The average Bonchev–Trinajstić information content (AvgIpc) is 2.14. The maximum Gasteiger partial charge on any atom is 0.244 e. The molecular weight excluding hydrogens is 127 g/mol. The van der Waals surface area contributed by atoms with Crippen molar-refractivity contribution >= 4 is 17.6 Å². The molecule has 0 N–H and O–H groups in total. The Labute approximate surface area is 49.8 Å². The first-order valence-electron chi connectivity index (χ1n) is 1.96. The molecule has 0 unspecified atom stereocenters. The molecular formula is C5H2FOS. The van der Waals surface area contributed by atoms with Crippen LogP contribution in [0.5, 0.6) is 0 Å². The first-order chi connectivity index (χ1) is 3.83. The van der Waals surface area contributed by atoms with E-state index in [4.69, 9.17) is 0 Å². The molecule has 1 nitrogen and oxygen atoms in total. The minimum atomic E-state index is -0.344. The molecule has 0 saturated carbocycles. The Bertz CT molecular complexity index is 194. The van der Waals surface area contributed by atoms with Crippen molar-refractivity contribution in [3.05, 3.63) is 22.1 Å². The minimum Gasteiger partial charge on any atom is -0.284 e. The molecule has 0 saturated heterocycles. The molecule has 0 atom stereocenters. The Morgan fingerprint density at radius 1 is 1.62 bits per heavy atom. The van der Waals surface area contributed by atoms with Gasteiger partial charge in [0.15, 0.2) is 5.13 Å². The van der Waals surface area contributed by atoms with Gasteiger partial charge in [-0.1, -0.05) is 0 Å². The van der Waals surface area contributed by atoms with Crippen LogP contribution in [0.2, 0.25) is 0 Å². The van der Waals surface area contributed by atoms with Crippen LogP contribution in [-0.4, -0.2) is 6.29 Å². The number of thiophene rings is 1. The van der Waals surface area contributed by atoms with E-state index in [1.165, 1.54) is 12.1 Å². The summed E-state index contributed by atoms with van der Waals surface area (Å²) in [4.78, 5) is 10.0. The van der Waals surface area contributed by atoms with Crippen LogP contribution >= 0.6 is 11.3 Å². The van der Waals surface area contributed by atoms with Crippen molar-refractivity contribution in [2.75, 3.05) is 0 Å². The molecule has 1 radical (unpaired) electrons. The van der Waals surface area contributed by atoms with Crippen LogP contribution in [-0.2, 0) is 4.79 Å². The molecule has 0 aliphatic heterocycles. The van der Waals surface area contributed by atoms with E-state index in [9.17, 15) is 9.18 Å². The monoisotopic (exact) mass is 129 g/mol. The van der Waals surface area contributed by atoms with Crippen molar-refractivity contribution < 1.29 is 9.18 Å². The average molecular weight is 129 g/mol. The first-order valence-corrected chi connectivity index (χ1v) is 2.78. The molecule has 0 amide bonds. The van der Waals surface area contributed by atoms with Crippen molar-refractivity contribution in [2.24, 2.45) is 0 Å². The largest absolute Gasteiger partial charge is 0.284 e. The number of hydrogen-bond acceptors (Lipinski definition) is 2. The van der Waals surface area contributed by atoms with Gasteiger partial charge >= 0.3 is 0 Å². The molecule has 1 heterocycles. The summed E-state index contributed by atoms with van der Waals surface area (Å²) < 4.78 is 12.0. The van der Waals surface area contributed by atoms with E-state index in [0.717, 1.165) is 11.3 Å². The maximum atomic E-state index is 12.0. The molecule has 1 rings (SSSR count). The highest BCUT2D eigenvalue weighted by Gasteiger charge is 1.94. The predicted molar refractivity (Wildman–Crippen MR) is 29.1 cm³/mol. The molecule has 1 aromatic rings. The number of rotatable bonds is 1. The summed E-state index contributed by atoms with van der Waals surface area (Å²) in [5.74, 6) is 0. The van der Waals surface area contributed by atoms with Gasteiger partial charge in [0.05, 0.1) is 4.88 Å². The Morgan fingerprint density at radius 2 is 2.38 bits per heavy atom. The quantitative estimate of drug-likeness (QED) is 0.559. The van der Waals surface area contributed by atoms with Crippen molar-refractivity contribution in [1.29, 1.82) is 0 Å². The zero-order valence-corrected chi connectivity index (χ0v) is 4.67. The molecule has 0 bridgehead atoms. The van der Waals surface area contributed by atoms with Crippen LogP contribution in [0.1, 0.15) is 4.88 Å². The molecule has 3 heteroatoms. The van der Waals surface area contributed by atoms with E-state index in [-0.39, 0.29) is 5.13 Å². The number of hydrogen-bond donors (Lipinski definition) is 0. The molecule has 8 heavy (non-hydrogen) atoms. The van der Waals surface area contributed by atoms with Crippen LogP contribution in [0.4, 0.5) is 4.39 Å². The fourth-order valence-corrected chi connectivity index (χ4v) is 0.893. The lowest BCUT2D eigenvalue weighted by atomic mass is 10.5. The molecule has 1 aromatic heterocycles. The van der Waals surface area contributed by atoms with Gasteiger partial charge in [-0.25, -0.2) is 0 Å². The molecule has 41 valence electrons. The lowest BCUT2D eigenvalue weighted by Crippen LogP contribution is -1.63. The molecule has 0 spiro atoms. The highest BCUT2D eigenvalue weighted by molar-refractivity contribution is 7.12. The fourth-order valence-electron chi connectivity index (χ4n) is 0.369. The van der Waals surface area contributed by atoms with Crippen LogP contribution in [0.25, 0.3) is 0 Å². The molecule has 0 aromatic carbocycles. The second kappa shape index (κ2) is 2.05. The van der Waals surface area contributed by atoms with Gasteiger partial charge in [-0.15, -0.1) is 11.3 Å². The van der Waals surface area contributed by atoms with Gasteiger partial charge in [0.25, 0.3) is 0 Å². The third-order valence-corrected chi connectivity index (χ3v) is 1.44. The van der Waals surface area contributed by atoms with Gasteiger partial charge in [0, 0.05) is 0 Å². The summed E-state index contributed by atoms with van der Waals surface area (Å²) in [5, 5.41) is -0.344. The highest BCUT2D eigenvalue weighted by atomic mass is 32.1. The van der Waals surface area contributed by atoms with E-state index >= 15 is 0 Å². The second-order valence-corrected chi connectivity index (χ2v) is 2.24. The van der Waals surface area contributed by atoms with Crippen molar-refractivity contribution in [3.63, 3.8) is 0 Å². The van der Waals surface area contributed by atoms with Crippen LogP contribution < -0.4 is 0 Å². The number of halogens is 1.